The smallest absolute Gasteiger partial charge is 0.257 e. The minimum Gasteiger partial charge on any atom is -0.496 e. The third-order valence-electron chi connectivity index (χ3n) is 5.12. The first kappa shape index (κ1) is 20.3. The average Bonchev–Trinajstić information content (AvgIpc) is 2.80. The van der Waals surface area contributed by atoms with Crippen molar-refractivity contribution in [3.8, 4) is 5.75 Å². The van der Waals surface area contributed by atoms with Gasteiger partial charge in [0.25, 0.3) is 5.91 Å². The number of hydrogen-bond acceptors (Lipinski definition) is 5. The van der Waals surface area contributed by atoms with Crippen LogP contribution < -0.4 is 10.1 Å². The second-order valence-electron chi connectivity index (χ2n) is 7.12. The van der Waals surface area contributed by atoms with Crippen molar-refractivity contribution >= 4 is 23.4 Å². The SMILES string of the molecule is CCCN1C(=O)c2ccccc2N[C@H]1c1ccc(OC)c(CSc2ccccn2)c1. The molecule has 3 aromatic rings. The molecule has 1 atom stereocenters. The summed E-state index contributed by atoms with van der Waals surface area (Å²) in [5.41, 5.74) is 3.72. The summed E-state index contributed by atoms with van der Waals surface area (Å²) in [5, 5.41) is 4.53. The molecule has 1 N–H and O–H groups in total. The van der Waals surface area contributed by atoms with Crippen LogP contribution in [0.3, 0.4) is 0 Å². The van der Waals surface area contributed by atoms with Crippen LogP contribution in [0.1, 0.15) is 41.0 Å². The minimum absolute atomic E-state index is 0.0661. The summed E-state index contributed by atoms with van der Waals surface area (Å²) in [5.74, 6) is 1.64. The second-order valence-corrected chi connectivity index (χ2v) is 8.11. The van der Waals surface area contributed by atoms with Gasteiger partial charge in [-0.15, -0.1) is 11.8 Å². The molecule has 0 bridgehead atoms. The quantitative estimate of drug-likeness (QED) is 0.523. The van der Waals surface area contributed by atoms with E-state index >= 15 is 0 Å². The van der Waals surface area contributed by atoms with Gasteiger partial charge in [-0.05, 0) is 48.4 Å². The molecule has 0 fully saturated rings. The molecular weight excluding hydrogens is 394 g/mol. The third kappa shape index (κ3) is 4.14. The molecule has 30 heavy (non-hydrogen) atoms. The first-order chi connectivity index (χ1) is 14.7. The Bertz CT molecular complexity index is 1030. The average molecular weight is 420 g/mol. The number of carbonyl (C=O) groups is 1. The molecule has 1 aliphatic rings. The molecular formula is C24H25N3O2S. The monoisotopic (exact) mass is 419 g/mol. The zero-order valence-corrected chi connectivity index (χ0v) is 18.0. The summed E-state index contributed by atoms with van der Waals surface area (Å²) in [6, 6.07) is 19.8. The number of ether oxygens (including phenoxy) is 1. The highest BCUT2D eigenvalue weighted by Gasteiger charge is 2.32. The molecule has 0 saturated carbocycles. The lowest BCUT2D eigenvalue weighted by molar-refractivity contribution is 0.0683. The van der Waals surface area contributed by atoms with Crippen molar-refractivity contribution in [2.45, 2.75) is 30.3 Å². The van der Waals surface area contributed by atoms with Crippen LogP contribution in [0.5, 0.6) is 5.75 Å². The van der Waals surface area contributed by atoms with Gasteiger partial charge in [0.1, 0.15) is 11.9 Å². The van der Waals surface area contributed by atoms with Crippen LogP contribution in [0.4, 0.5) is 5.69 Å². The number of fused-ring (bicyclic) bond motifs is 1. The molecule has 5 nitrogen and oxygen atoms in total. The fraction of sp³-hybridized carbons (Fsp3) is 0.250. The molecule has 1 amide bonds. The van der Waals surface area contributed by atoms with E-state index in [1.54, 1.807) is 25.1 Å². The lowest BCUT2D eigenvalue weighted by Gasteiger charge is -2.38. The third-order valence-corrected chi connectivity index (χ3v) is 6.11. The maximum atomic E-state index is 13.2. The topological polar surface area (TPSA) is 54.5 Å². The first-order valence-electron chi connectivity index (χ1n) is 10.1. The highest BCUT2D eigenvalue weighted by Crippen LogP contribution is 2.36. The van der Waals surface area contributed by atoms with Crippen molar-refractivity contribution in [2.75, 3.05) is 19.0 Å². The number of para-hydroxylation sites is 1. The van der Waals surface area contributed by atoms with Gasteiger partial charge in [0.05, 0.1) is 17.7 Å². The molecule has 0 saturated heterocycles. The molecule has 4 rings (SSSR count). The fourth-order valence-electron chi connectivity index (χ4n) is 3.69. The van der Waals surface area contributed by atoms with Gasteiger partial charge in [-0.2, -0.15) is 0 Å². The van der Waals surface area contributed by atoms with E-state index in [-0.39, 0.29) is 12.1 Å². The summed E-state index contributed by atoms with van der Waals surface area (Å²) < 4.78 is 5.59. The molecule has 0 aliphatic carbocycles. The number of nitrogens with zero attached hydrogens (tertiary/aromatic N) is 2. The van der Waals surface area contributed by atoms with E-state index in [1.807, 2.05) is 59.5 Å². The number of carbonyl (C=O) groups excluding carboxylic acids is 1. The predicted octanol–water partition coefficient (Wildman–Crippen LogP) is 5.36. The summed E-state index contributed by atoms with van der Waals surface area (Å²) in [6.45, 7) is 2.78. The molecule has 1 aliphatic heterocycles. The number of nitrogens with one attached hydrogen (secondary N) is 1. The second kappa shape index (κ2) is 9.22. The highest BCUT2D eigenvalue weighted by molar-refractivity contribution is 7.98. The standard InChI is InChI=1S/C24H25N3O2S/c1-3-14-27-23(26-20-9-5-4-8-19(20)24(27)28)17-11-12-21(29-2)18(15-17)16-30-22-10-6-7-13-25-22/h4-13,15,23,26H,3,14,16H2,1-2H3/t23-/m1/s1. The highest BCUT2D eigenvalue weighted by atomic mass is 32.2. The van der Waals surface area contributed by atoms with Crippen molar-refractivity contribution in [2.24, 2.45) is 0 Å². The van der Waals surface area contributed by atoms with Crippen molar-refractivity contribution < 1.29 is 9.53 Å². The zero-order chi connectivity index (χ0) is 20.9. The van der Waals surface area contributed by atoms with E-state index in [1.165, 1.54) is 0 Å². The minimum atomic E-state index is -0.211. The van der Waals surface area contributed by atoms with Crippen LogP contribution >= 0.6 is 11.8 Å². The Morgan fingerprint density at radius 1 is 1.13 bits per heavy atom. The summed E-state index contributed by atoms with van der Waals surface area (Å²) in [4.78, 5) is 19.5. The van der Waals surface area contributed by atoms with Crippen LogP contribution in [-0.2, 0) is 5.75 Å². The van der Waals surface area contributed by atoms with E-state index in [0.717, 1.165) is 45.3 Å². The number of hydrogen-bond donors (Lipinski definition) is 1. The number of thioether (sulfide) groups is 1. The summed E-state index contributed by atoms with van der Waals surface area (Å²) in [7, 11) is 1.69. The Kier molecular flexibility index (Phi) is 6.23. The van der Waals surface area contributed by atoms with Gasteiger partial charge in [-0.25, -0.2) is 4.98 Å². The van der Waals surface area contributed by atoms with Gasteiger partial charge < -0.3 is 15.0 Å². The van der Waals surface area contributed by atoms with Crippen LogP contribution in [0, 0.1) is 0 Å². The first-order valence-corrected chi connectivity index (χ1v) is 11.1. The lowest BCUT2D eigenvalue weighted by Crippen LogP contribution is -2.43. The van der Waals surface area contributed by atoms with Gasteiger partial charge in [0, 0.05) is 29.7 Å². The Morgan fingerprint density at radius 2 is 1.97 bits per heavy atom. The lowest BCUT2D eigenvalue weighted by atomic mass is 10.0. The zero-order valence-electron chi connectivity index (χ0n) is 17.2. The number of rotatable bonds is 7. The Balaban J connectivity index is 1.65. The molecule has 154 valence electrons. The van der Waals surface area contributed by atoms with Crippen molar-refractivity contribution in [3.63, 3.8) is 0 Å². The summed E-state index contributed by atoms with van der Waals surface area (Å²) in [6.07, 6.45) is 2.48. The van der Waals surface area contributed by atoms with Crippen LogP contribution in [0.2, 0.25) is 0 Å². The Hall–Kier alpha value is -2.99. The molecule has 1 aromatic heterocycles. The number of anilines is 1. The van der Waals surface area contributed by atoms with Crippen LogP contribution in [-0.4, -0.2) is 29.4 Å². The van der Waals surface area contributed by atoms with Crippen molar-refractivity contribution in [3.05, 3.63) is 83.6 Å². The maximum absolute atomic E-state index is 13.2. The number of pyridine rings is 1. The number of aromatic nitrogens is 1. The number of benzene rings is 2. The van der Waals surface area contributed by atoms with E-state index in [2.05, 4.69) is 23.3 Å². The van der Waals surface area contributed by atoms with E-state index < -0.39 is 0 Å². The van der Waals surface area contributed by atoms with Gasteiger partial charge in [0.15, 0.2) is 0 Å². The fourth-order valence-corrected chi connectivity index (χ4v) is 4.53. The molecule has 2 heterocycles. The van der Waals surface area contributed by atoms with Gasteiger partial charge in [-0.1, -0.05) is 31.2 Å². The normalized spacial score (nSPS) is 15.5. The van der Waals surface area contributed by atoms with Crippen LogP contribution in [0.25, 0.3) is 0 Å². The number of methoxy groups -OCH3 is 1. The molecule has 0 radical (unpaired) electrons. The maximum Gasteiger partial charge on any atom is 0.257 e. The van der Waals surface area contributed by atoms with E-state index in [0.29, 0.717) is 6.54 Å². The van der Waals surface area contributed by atoms with Gasteiger partial charge in [-0.3, -0.25) is 4.79 Å². The van der Waals surface area contributed by atoms with E-state index in [4.69, 9.17) is 4.74 Å². The van der Waals surface area contributed by atoms with Crippen LogP contribution in [0.15, 0.2) is 71.9 Å². The molecule has 6 heteroatoms. The van der Waals surface area contributed by atoms with Gasteiger partial charge >= 0.3 is 0 Å². The Labute approximate surface area is 181 Å². The largest absolute Gasteiger partial charge is 0.496 e. The Morgan fingerprint density at radius 3 is 2.73 bits per heavy atom. The van der Waals surface area contributed by atoms with E-state index in [9.17, 15) is 4.79 Å². The van der Waals surface area contributed by atoms with Crippen molar-refractivity contribution in [1.29, 1.82) is 0 Å². The predicted molar refractivity (Wildman–Crippen MR) is 121 cm³/mol. The molecule has 0 spiro atoms. The van der Waals surface area contributed by atoms with Crippen molar-refractivity contribution in [1.82, 2.24) is 9.88 Å². The molecule has 0 unspecified atom stereocenters. The summed E-state index contributed by atoms with van der Waals surface area (Å²) >= 11 is 1.67. The number of amides is 1. The van der Waals surface area contributed by atoms with Gasteiger partial charge in [0.2, 0.25) is 0 Å². The molecule has 2 aromatic carbocycles.